The maximum atomic E-state index is 10.2. The monoisotopic (exact) mass is 219 g/mol. The van der Waals surface area contributed by atoms with Gasteiger partial charge < -0.3 is 0 Å². The fourth-order valence-electron chi connectivity index (χ4n) is 1.96. The van der Waals surface area contributed by atoms with Crippen molar-refractivity contribution in [2.45, 2.75) is 46.0 Å². The van der Waals surface area contributed by atoms with Crippen LogP contribution >= 0.6 is 0 Å². The predicted molar refractivity (Wildman–Crippen MR) is 56.1 cm³/mol. The predicted octanol–water partition coefficient (Wildman–Crippen LogP) is 2.30. The van der Waals surface area contributed by atoms with E-state index in [0.29, 0.717) is 11.3 Å². The van der Waals surface area contributed by atoms with Gasteiger partial charge in [0.1, 0.15) is 6.61 Å². The van der Waals surface area contributed by atoms with Crippen molar-refractivity contribution < 1.29 is 12.6 Å². The Morgan fingerprint density at radius 2 is 2.00 bits per heavy atom. The van der Waals surface area contributed by atoms with Crippen molar-refractivity contribution in [1.29, 1.82) is 0 Å². The molecule has 1 radical (unpaired) electrons. The average Bonchev–Trinajstić information content (AvgIpc) is 2.17. The third-order valence-corrected chi connectivity index (χ3v) is 3.72. The second-order valence-corrected chi connectivity index (χ2v) is 5.12. The highest BCUT2D eigenvalue weighted by atomic mass is 32.2. The van der Waals surface area contributed by atoms with E-state index in [0.717, 1.165) is 12.8 Å². The van der Waals surface area contributed by atoms with Crippen molar-refractivity contribution in [3.63, 3.8) is 0 Å². The molecule has 0 N–H and O–H groups in total. The molecule has 4 heteroatoms. The zero-order chi connectivity index (χ0) is 10.6. The molecule has 0 aromatic carbocycles. The number of hydrogen-bond acceptors (Lipinski definition) is 3. The van der Waals surface area contributed by atoms with Crippen molar-refractivity contribution in [3.05, 3.63) is 6.61 Å². The van der Waals surface area contributed by atoms with Gasteiger partial charge in [0, 0.05) is 0 Å². The molecule has 83 valence electrons. The summed E-state index contributed by atoms with van der Waals surface area (Å²) in [7, 11) is -2.71. The van der Waals surface area contributed by atoms with Crippen LogP contribution in [0.2, 0.25) is 0 Å². The van der Waals surface area contributed by atoms with E-state index >= 15 is 0 Å². The van der Waals surface area contributed by atoms with Crippen LogP contribution in [-0.4, -0.2) is 8.42 Å². The molecule has 1 aliphatic rings. The molecule has 0 amide bonds. The van der Waals surface area contributed by atoms with Gasteiger partial charge in [-0.1, -0.05) is 20.3 Å². The Labute approximate surface area is 88.0 Å². The smallest absolute Gasteiger partial charge is 0.257 e. The summed E-state index contributed by atoms with van der Waals surface area (Å²) in [5.41, 5.74) is 0.462. The summed E-state index contributed by atoms with van der Waals surface area (Å²) < 4.78 is 24.9. The van der Waals surface area contributed by atoms with Crippen LogP contribution in [0.1, 0.15) is 46.0 Å². The summed E-state index contributed by atoms with van der Waals surface area (Å²) in [5.74, 6) is 0.322. The second-order valence-electron chi connectivity index (χ2n) is 4.47. The first-order chi connectivity index (χ1) is 6.56. The standard InChI is InChI=1S/C10H19O3S/c1-3-10(2)6-4-9(5-7-10)8-13-14(11)12/h8-9,14H,3-7H2,1-2H3. The van der Waals surface area contributed by atoms with Crippen LogP contribution < -0.4 is 0 Å². The minimum Gasteiger partial charge on any atom is -0.266 e. The van der Waals surface area contributed by atoms with Gasteiger partial charge in [-0.3, -0.25) is 4.18 Å². The van der Waals surface area contributed by atoms with E-state index in [4.69, 9.17) is 0 Å². The quantitative estimate of drug-likeness (QED) is 0.738. The molecular formula is C10H19O3S. The van der Waals surface area contributed by atoms with Crippen molar-refractivity contribution >= 4 is 11.0 Å². The molecule has 0 heterocycles. The van der Waals surface area contributed by atoms with Crippen LogP contribution in [-0.2, 0) is 15.2 Å². The van der Waals surface area contributed by atoms with Crippen LogP contribution in [0.5, 0.6) is 0 Å². The van der Waals surface area contributed by atoms with Gasteiger partial charge >= 0.3 is 0 Å². The lowest BCUT2D eigenvalue weighted by atomic mass is 9.70. The normalized spacial score (nSPS) is 33.5. The minimum atomic E-state index is -2.71. The van der Waals surface area contributed by atoms with Crippen molar-refractivity contribution in [2.24, 2.45) is 11.3 Å². The zero-order valence-corrected chi connectivity index (χ0v) is 9.76. The lowest BCUT2D eigenvalue weighted by Gasteiger charge is -2.36. The van der Waals surface area contributed by atoms with Gasteiger partial charge in [-0.25, -0.2) is 8.42 Å². The van der Waals surface area contributed by atoms with E-state index in [1.54, 1.807) is 0 Å². The highest BCUT2D eigenvalue weighted by Gasteiger charge is 2.29. The Kier molecular flexibility index (Phi) is 4.38. The van der Waals surface area contributed by atoms with Gasteiger partial charge in [0.25, 0.3) is 11.0 Å². The summed E-state index contributed by atoms with van der Waals surface area (Å²) in [6, 6.07) is 0. The third kappa shape index (κ3) is 3.58. The lowest BCUT2D eigenvalue weighted by Crippen LogP contribution is -2.24. The minimum absolute atomic E-state index is 0.322. The Hall–Kier alpha value is -0.0900. The van der Waals surface area contributed by atoms with Crippen molar-refractivity contribution in [3.8, 4) is 0 Å². The fourth-order valence-corrected chi connectivity index (χ4v) is 2.23. The van der Waals surface area contributed by atoms with E-state index in [1.807, 2.05) is 0 Å². The van der Waals surface area contributed by atoms with Crippen LogP contribution in [0, 0.1) is 17.9 Å². The van der Waals surface area contributed by atoms with E-state index in [-0.39, 0.29) is 0 Å². The van der Waals surface area contributed by atoms with Crippen LogP contribution in [0.4, 0.5) is 0 Å². The highest BCUT2D eigenvalue weighted by molar-refractivity contribution is 7.67. The first-order valence-electron chi connectivity index (χ1n) is 5.20. The van der Waals surface area contributed by atoms with Gasteiger partial charge in [-0.2, -0.15) is 0 Å². The summed E-state index contributed by atoms with van der Waals surface area (Å²) >= 11 is 0. The molecule has 0 aromatic rings. The number of hydrogen-bond donors (Lipinski definition) is 1. The van der Waals surface area contributed by atoms with E-state index in [9.17, 15) is 8.42 Å². The fraction of sp³-hybridized carbons (Fsp3) is 0.900. The van der Waals surface area contributed by atoms with Gasteiger partial charge in [0.15, 0.2) is 0 Å². The largest absolute Gasteiger partial charge is 0.266 e. The Morgan fingerprint density at radius 1 is 1.43 bits per heavy atom. The maximum absolute atomic E-state index is 10.2. The first kappa shape index (κ1) is 12.0. The number of thiol groups is 1. The molecule has 0 aliphatic heterocycles. The van der Waals surface area contributed by atoms with Crippen molar-refractivity contribution in [2.75, 3.05) is 0 Å². The van der Waals surface area contributed by atoms with Gasteiger partial charge in [-0.15, -0.1) is 0 Å². The average molecular weight is 219 g/mol. The molecule has 14 heavy (non-hydrogen) atoms. The topological polar surface area (TPSA) is 43.4 Å². The summed E-state index contributed by atoms with van der Waals surface area (Å²) in [5, 5.41) is 0. The van der Waals surface area contributed by atoms with E-state index in [2.05, 4.69) is 18.0 Å². The molecule has 1 rings (SSSR count). The molecule has 0 spiro atoms. The molecule has 0 atom stereocenters. The molecule has 1 fully saturated rings. The summed E-state index contributed by atoms with van der Waals surface area (Å²) in [6.45, 7) is 6.01. The Bertz CT molecular complexity index is 232. The molecule has 1 saturated carbocycles. The SMILES string of the molecule is CCC1(C)CCC([CH]O[SH](=O)=O)CC1. The summed E-state index contributed by atoms with van der Waals surface area (Å²) in [6.07, 6.45) is 5.64. The first-order valence-corrected chi connectivity index (χ1v) is 6.30. The van der Waals surface area contributed by atoms with Gasteiger partial charge in [0.05, 0.1) is 0 Å². The van der Waals surface area contributed by atoms with Gasteiger partial charge in [0.2, 0.25) is 0 Å². The van der Waals surface area contributed by atoms with Crippen LogP contribution in [0.25, 0.3) is 0 Å². The van der Waals surface area contributed by atoms with Gasteiger partial charge in [-0.05, 0) is 37.0 Å². The molecule has 3 nitrogen and oxygen atoms in total. The molecule has 0 aromatic heterocycles. The van der Waals surface area contributed by atoms with E-state index < -0.39 is 11.0 Å². The molecular weight excluding hydrogens is 200 g/mol. The lowest BCUT2D eigenvalue weighted by molar-refractivity contribution is 0.156. The van der Waals surface area contributed by atoms with Crippen LogP contribution in [0.3, 0.4) is 0 Å². The number of rotatable bonds is 4. The molecule has 0 saturated heterocycles. The third-order valence-electron chi connectivity index (χ3n) is 3.43. The van der Waals surface area contributed by atoms with E-state index in [1.165, 1.54) is 25.9 Å². The van der Waals surface area contributed by atoms with Crippen LogP contribution in [0.15, 0.2) is 0 Å². The molecule has 0 unspecified atom stereocenters. The molecule has 1 aliphatic carbocycles. The summed E-state index contributed by atoms with van der Waals surface area (Å²) in [4.78, 5) is 0. The zero-order valence-electron chi connectivity index (χ0n) is 8.86. The Morgan fingerprint density at radius 3 is 2.43 bits per heavy atom. The second kappa shape index (κ2) is 5.12. The van der Waals surface area contributed by atoms with Crippen molar-refractivity contribution in [1.82, 2.24) is 0 Å². The maximum Gasteiger partial charge on any atom is 0.257 e. The Balaban J connectivity index is 2.28. The molecule has 0 bridgehead atoms. The highest BCUT2D eigenvalue weighted by Crippen LogP contribution is 2.41.